The van der Waals surface area contributed by atoms with Gasteiger partial charge in [-0.3, -0.25) is 9.36 Å². The van der Waals surface area contributed by atoms with Crippen LogP contribution in [-0.2, 0) is 11.8 Å². The van der Waals surface area contributed by atoms with E-state index in [4.69, 9.17) is 4.74 Å². The zero-order valence-electron chi connectivity index (χ0n) is 12.9. The first-order chi connectivity index (χ1) is 11.2. The summed E-state index contributed by atoms with van der Waals surface area (Å²) in [5.41, 5.74) is 3.91. The lowest BCUT2D eigenvalue weighted by Crippen LogP contribution is -2.30. The van der Waals surface area contributed by atoms with E-state index in [1.165, 1.54) is 5.57 Å². The number of hydrogen-bond donors (Lipinski definition) is 2. The Morgan fingerprint density at radius 3 is 3.00 bits per heavy atom. The molecule has 6 nitrogen and oxygen atoms in total. The molecule has 0 amide bonds. The van der Waals surface area contributed by atoms with Crippen LogP contribution in [-0.4, -0.2) is 32.7 Å². The Hall–Kier alpha value is -2.60. The standard InChI is InChI=1S/C17H18N4O2/c1-21-16(11-4-7-23-8-5-11)20-14(17(21)22)9-12-10-19-15-13(12)3-2-6-18-15/h2-3,6,9-10,20H,4-5,7-8H2,1H3,(H,18,19)/b14-9-. The first-order valence-electron chi connectivity index (χ1n) is 7.72. The van der Waals surface area contributed by atoms with Crippen molar-refractivity contribution in [2.75, 3.05) is 13.2 Å². The molecule has 4 rings (SSSR count). The number of H-pyrrole nitrogens is 2. The molecule has 0 aliphatic carbocycles. The summed E-state index contributed by atoms with van der Waals surface area (Å²) in [5.74, 6) is 0. The summed E-state index contributed by atoms with van der Waals surface area (Å²) in [6.45, 7) is 1.44. The van der Waals surface area contributed by atoms with Crippen molar-refractivity contribution in [3.8, 4) is 0 Å². The van der Waals surface area contributed by atoms with E-state index in [9.17, 15) is 4.79 Å². The van der Waals surface area contributed by atoms with Crippen LogP contribution in [0.25, 0.3) is 22.7 Å². The van der Waals surface area contributed by atoms with Gasteiger partial charge in [0.2, 0.25) is 0 Å². The topological polar surface area (TPSA) is 75.7 Å². The van der Waals surface area contributed by atoms with Gasteiger partial charge in [0.1, 0.15) is 16.5 Å². The van der Waals surface area contributed by atoms with Crippen LogP contribution in [0.4, 0.5) is 0 Å². The second kappa shape index (κ2) is 5.55. The van der Waals surface area contributed by atoms with E-state index in [-0.39, 0.29) is 5.56 Å². The van der Waals surface area contributed by atoms with Gasteiger partial charge in [0.15, 0.2) is 0 Å². The number of imidazole rings is 1. The minimum Gasteiger partial charge on any atom is -0.381 e. The van der Waals surface area contributed by atoms with Crippen molar-refractivity contribution < 1.29 is 4.74 Å². The summed E-state index contributed by atoms with van der Waals surface area (Å²) in [6.07, 6.45) is 7.23. The number of aromatic nitrogens is 4. The van der Waals surface area contributed by atoms with Crippen LogP contribution in [0.2, 0.25) is 0 Å². The van der Waals surface area contributed by atoms with Gasteiger partial charge < -0.3 is 14.7 Å². The lowest BCUT2D eigenvalue weighted by molar-refractivity contribution is 0.129. The van der Waals surface area contributed by atoms with E-state index in [0.717, 1.165) is 48.1 Å². The van der Waals surface area contributed by atoms with Crippen LogP contribution in [0, 0.1) is 0 Å². The number of hydrogen-bond acceptors (Lipinski definition) is 3. The van der Waals surface area contributed by atoms with E-state index in [1.807, 2.05) is 31.5 Å². The molecule has 0 bridgehead atoms. The van der Waals surface area contributed by atoms with Gasteiger partial charge in [-0.2, -0.15) is 0 Å². The zero-order valence-corrected chi connectivity index (χ0v) is 12.9. The fourth-order valence-electron chi connectivity index (χ4n) is 3.08. The Bertz CT molecular complexity index is 1030. The SMILES string of the molecule is Cn1c(=C2CCOCC2)[nH]/c(=C\c2c[nH]c3ncccc23)c1=O. The Kier molecular flexibility index (Phi) is 3.38. The quantitative estimate of drug-likeness (QED) is 0.682. The van der Waals surface area contributed by atoms with Gasteiger partial charge in [-0.25, -0.2) is 4.98 Å². The summed E-state index contributed by atoms with van der Waals surface area (Å²) in [7, 11) is 1.81. The molecule has 0 saturated carbocycles. The van der Waals surface area contributed by atoms with Crippen molar-refractivity contribution in [3.63, 3.8) is 0 Å². The van der Waals surface area contributed by atoms with E-state index >= 15 is 0 Å². The molecule has 3 aromatic heterocycles. The van der Waals surface area contributed by atoms with Crippen molar-refractivity contribution in [2.45, 2.75) is 12.8 Å². The molecule has 0 atom stereocenters. The summed E-state index contributed by atoms with van der Waals surface area (Å²) in [6, 6.07) is 3.88. The maximum absolute atomic E-state index is 12.5. The number of ether oxygens (including phenoxy) is 1. The lowest BCUT2D eigenvalue weighted by Gasteiger charge is -2.13. The molecule has 0 spiro atoms. The number of pyridine rings is 1. The Morgan fingerprint density at radius 1 is 1.35 bits per heavy atom. The number of nitrogens with zero attached hydrogens (tertiary/aromatic N) is 2. The van der Waals surface area contributed by atoms with Crippen molar-refractivity contribution >= 4 is 22.7 Å². The zero-order chi connectivity index (χ0) is 15.8. The molecule has 2 N–H and O–H groups in total. The normalized spacial score (nSPS) is 16.4. The molecule has 23 heavy (non-hydrogen) atoms. The molecule has 0 radical (unpaired) electrons. The highest BCUT2D eigenvalue weighted by atomic mass is 16.5. The van der Waals surface area contributed by atoms with Crippen molar-refractivity contribution in [1.29, 1.82) is 0 Å². The van der Waals surface area contributed by atoms with Crippen LogP contribution in [0.1, 0.15) is 18.4 Å². The van der Waals surface area contributed by atoms with Gasteiger partial charge in [-0.15, -0.1) is 0 Å². The molecular formula is C17H18N4O2. The largest absolute Gasteiger partial charge is 0.381 e. The van der Waals surface area contributed by atoms with Crippen molar-refractivity contribution in [1.82, 2.24) is 19.5 Å². The lowest BCUT2D eigenvalue weighted by atomic mass is 10.1. The van der Waals surface area contributed by atoms with Crippen LogP contribution in [0.15, 0.2) is 29.3 Å². The molecular weight excluding hydrogens is 292 g/mol. The molecule has 3 aromatic rings. The Labute approximate surface area is 132 Å². The van der Waals surface area contributed by atoms with Gasteiger partial charge >= 0.3 is 0 Å². The van der Waals surface area contributed by atoms with Gasteiger partial charge in [-0.1, -0.05) is 0 Å². The van der Waals surface area contributed by atoms with Crippen LogP contribution in [0.3, 0.4) is 0 Å². The number of aromatic amines is 2. The highest BCUT2D eigenvalue weighted by Crippen LogP contribution is 2.15. The molecule has 1 saturated heterocycles. The maximum atomic E-state index is 12.5. The minimum atomic E-state index is -0.0165. The number of rotatable bonds is 1. The fraction of sp³-hybridized carbons (Fsp3) is 0.294. The van der Waals surface area contributed by atoms with Crippen molar-refractivity contribution in [2.24, 2.45) is 7.05 Å². The molecule has 1 aliphatic heterocycles. The number of nitrogens with one attached hydrogen (secondary N) is 2. The fourth-order valence-corrected chi connectivity index (χ4v) is 3.08. The predicted molar refractivity (Wildman–Crippen MR) is 88.4 cm³/mol. The highest BCUT2D eigenvalue weighted by molar-refractivity contribution is 5.85. The summed E-state index contributed by atoms with van der Waals surface area (Å²) < 4.78 is 7.08. The molecule has 0 unspecified atom stereocenters. The predicted octanol–water partition coefficient (Wildman–Crippen LogP) is 0.380. The van der Waals surface area contributed by atoms with E-state index < -0.39 is 0 Å². The monoisotopic (exact) mass is 310 g/mol. The van der Waals surface area contributed by atoms with Crippen LogP contribution >= 0.6 is 0 Å². The molecule has 1 aliphatic rings. The van der Waals surface area contributed by atoms with Gasteiger partial charge in [0.25, 0.3) is 5.56 Å². The third kappa shape index (κ3) is 2.41. The molecule has 0 aromatic carbocycles. The summed E-state index contributed by atoms with van der Waals surface area (Å²) >= 11 is 0. The van der Waals surface area contributed by atoms with Crippen LogP contribution in [0.5, 0.6) is 0 Å². The highest BCUT2D eigenvalue weighted by Gasteiger charge is 2.10. The molecule has 4 heterocycles. The second-order valence-corrected chi connectivity index (χ2v) is 5.76. The minimum absolute atomic E-state index is 0.0165. The van der Waals surface area contributed by atoms with E-state index in [2.05, 4.69) is 15.0 Å². The summed E-state index contributed by atoms with van der Waals surface area (Å²) in [5, 5.41) is 1.59. The van der Waals surface area contributed by atoms with Gasteiger partial charge in [0.05, 0.1) is 13.2 Å². The van der Waals surface area contributed by atoms with Crippen molar-refractivity contribution in [3.05, 3.63) is 51.3 Å². The maximum Gasteiger partial charge on any atom is 0.275 e. The van der Waals surface area contributed by atoms with E-state index in [0.29, 0.717) is 5.35 Å². The average molecular weight is 310 g/mol. The molecule has 1 fully saturated rings. The first-order valence-corrected chi connectivity index (χ1v) is 7.72. The first kappa shape index (κ1) is 14.0. The Balaban J connectivity index is 1.91. The van der Waals surface area contributed by atoms with E-state index in [1.54, 1.807) is 10.8 Å². The molecule has 6 heteroatoms. The summed E-state index contributed by atoms with van der Waals surface area (Å²) in [4.78, 5) is 23.2. The third-order valence-corrected chi connectivity index (χ3v) is 4.34. The second-order valence-electron chi connectivity index (χ2n) is 5.76. The smallest absolute Gasteiger partial charge is 0.275 e. The van der Waals surface area contributed by atoms with Gasteiger partial charge in [-0.05, 0) is 36.6 Å². The Morgan fingerprint density at radius 2 is 2.17 bits per heavy atom. The average Bonchev–Trinajstić information content (AvgIpc) is 3.13. The number of fused-ring (bicyclic) bond motifs is 1. The van der Waals surface area contributed by atoms with Gasteiger partial charge in [0, 0.05) is 30.4 Å². The third-order valence-electron chi connectivity index (χ3n) is 4.34. The molecule has 118 valence electrons. The van der Waals surface area contributed by atoms with Crippen LogP contribution < -0.4 is 16.4 Å².